The van der Waals surface area contributed by atoms with Gasteiger partial charge in [0.05, 0.1) is 7.11 Å². The summed E-state index contributed by atoms with van der Waals surface area (Å²) in [7, 11) is 1.59. The first-order chi connectivity index (χ1) is 14.0. The molecule has 1 aromatic carbocycles. The van der Waals surface area contributed by atoms with E-state index in [1.807, 2.05) is 18.2 Å². The minimum absolute atomic E-state index is 0.198. The van der Waals surface area contributed by atoms with Gasteiger partial charge in [0.1, 0.15) is 44.0 Å². The first-order valence-corrected chi connectivity index (χ1v) is 10.9. The maximum Gasteiger partial charge on any atom is 0.329 e. The molecule has 8 heteroatoms. The third-order valence-corrected chi connectivity index (χ3v) is 6.73. The molecule has 1 aromatic heterocycles. The number of imide groups is 1. The van der Waals surface area contributed by atoms with Gasteiger partial charge in [0.25, 0.3) is 5.91 Å². The summed E-state index contributed by atoms with van der Waals surface area (Å²) in [4.78, 5) is 30.0. The summed E-state index contributed by atoms with van der Waals surface area (Å²) < 4.78 is 5.27. The molecule has 3 heterocycles. The van der Waals surface area contributed by atoms with Crippen LogP contribution in [0.3, 0.4) is 0 Å². The van der Waals surface area contributed by atoms with Crippen LogP contribution in [-0.2, 0) is 16.9 Å². The van der Waals surface area contributed by atoms with Crippen LogP contribution in [0, 0.1) is 0 Å². The summed E-state index contributed by atoms with van der Waals surface area (Å²) in [5, 5.41) is 7.22. The van der Waals surface area contributed by atoms with Crippen molar-refractivity contribution >= 4 is 23.3 Å². The van der Waals surface area contributed by atoms with E-state index in [1.165, 1.54) is 15.4 Å². The van der Waals surface area contributed by atoms with E-state index in [2.05, 4.69) is 22.1 Å². The quantitative estimate of drug-likeness (QED) is 0.555. The molecule has 2 aromatic rings. The molecule has 0 saturated carbocycles. The molecular formula is C21H28N4O3S+2. The highest BCUT2D eigenvalue weighted by Crippen LogP contribution is 2.30. The summed E-state index contributed by atoms with van der Waals surface area (Å²) in [5.41, 5.74) is 1.06. The van der Waals surface area contributed by atoms with Crippen molar-refractivity contribution in [1.29, 1.82) is 0 Å². The van der Waals surface area contributed by atoms with E-state index in [4.69, 9.17) is 4.74 Å². The van der Waals surface area contributed by atoms with Crippen molar-refractivity contribution in [2.24, 2.45) is 0 Å². The minimum Gasteiger partial charge on any atom is -0.497 e. The molecule has 2 aliphatic rings. The predicted octanol–water partition coefficient (Wildman–Crippen LogP) is -0.535. The van der Waals surface area contributed by atoms with Gasteiger partial charge in [0, 0.05) is 5.56 Å². The van der Waals surface area contributed by atoms with Gasteiger partial charge in [-0.25, -0.2) is 9.69 Å². The average molecular weight is 417 g/mol. The van der Waals surface area contributed by atoms with Crippen molar-refractivity contribution in [3.63, 3.8) is 0 Å². The largest absolute Gasteiger partial charge is 0.497 e. The minimum atomic E-state index is -1.06. The zero-order valence-corrected chi connectivity index (χ0v) is 17.7. The normalized spacial score (nSPS) is 27.2. The average Bonchev–Trinajstić information content (AvgIpc) is 3.32. The number of nitrogens with zero attached hydrogens (tertiary/aromatic N) is 1. The van der Waals surface area contributed by atoms with Gasteiger partial charge in [0.15, 0.2) is 6.67 Å². The number of rotatable bonds is 6. The van der Waals surface area contributed by atoms with Crippen molar-refractivity contribution in [2.45, 2.75) is 19.0 Å². The van der Waals surface area contributed by atoms with Gasteiger partial charge >= 0.3 is 6.03 Å². The molecule has 0 spiro atoms. The number of thiophene rings is 1. The summed E-state index contributed by atoms with van der Waals surface area (Å²) in [6.45, 7) is 7.22. The number of hydrogen-bond donors (Lipinski definition) is 3. The van der Waals surface area contributed by atoms with Gasteiger partial charge in [0.2, 0.25) is 0 Å². The van der Waals surface area contributed by atoms with E-state index in [0.29, 0.717) is 12.4 Å². The van der Waals surface area contributed by atoms with Gasteiger partial charge in [-0.1, -0.05) is 12.1 Å². The number of piperazine rings is 1. The number of carbonyl (C=O) groups excluding carboxylic acids is 2. The van der Waals surface area contributed by atoms with E-state index >= 15 is 0 Å². The molecule has 0 radical (unpaired) electrons. The second-order valence-corrected chi connectivity index (χ2v) is 8.77. The van der Waals surface area contributed by atoms with E-state index < -0.39 is 5.54 Å². The summed E-state index contributed by atoms with van der Waals surface area (Å²) in [6, 6.07) is 9.19. The topological polar surface area (TPSA) is 67.5 Å². The number of carbonyl (C=O) groups is 2. The van der Waals surface area contributed by atoms with E-state index in [9.17, 15) is 9.59 Å². The standard InChI is InChI=1S/C21H26N4O3S/c1-21(17-4-3-5-18(12-17)28-2)19(26)25(20(27)22-21)15-24-9-7-23(8-10-24)13-16-6-11-29-14-16/h3-6,11-12,14H,7-10,13,15H2,1-2H3,(H,22,27)/p+2/t21-/m0/s1. The molecule has 0 bridgehead atoms. The molecule has 3 amide bonds. The number of benzene rings is 1. The van der Waals surface area contributed by atoms with E-state index in [0.717, 1.165) is 38.3 Å². The molecule has 1 atom stereocenters. The Bertz CT molecular complexity index is 880. The predicted molar refractivity (Wildman–Crippen MR) is 110 cm³/mol. The monoisotopic (exact) mass is 416 g/mol. The molecule has 0 aliphatic carbocycles. The molecular weight excluding hydrogens is 388 g/mol. The smallest absolute Gasteiger partial charge is 0.329 e. The van der Waals surface area contributed by atoms with Crippen LogP contribution in [0.1, 0.15) is 18.1 Å². The van der Waals surface area contributed by atoms with Gasteiger partial charge in [-0.3, -0.25) is 4.79 Å². The molecule has 0 unspecified atom stereocenters. The SMILES string of the molecule is COc1cccc([C@]2(C)NC(=O)N(C[NH+]3CC[NH+](Cc4ccsc4)CC3)C2=O)c1. The lowest BCUT2D eigenvalue weighted by atomic mass is 9.92. The Morgan fingerprint density at radius 1 is 1.17 bits per heavy atom. The van der Waals surface area contributed by atoms with Crippen LogP contribution in [0.15, 0.2) is 41.1 Å². The Morgan fingerprint density at radius 3 is 2.62 bits per heavy atom. The van der Waals surface area contributed by atoms with Crippen molar-refractivity contribution in [3.8, 4) is 5.75 Å². The van der Waals surface area contributed by atoms with Crippen LogP contribution >= 0.6 is 11.3 Å². The zero-order chi connectivity index (χ0) is 20.4. The second kappa shape index (κ2) is 8.14. The third-order valence-electron chi connectivity index (χ3n) is 6.00. The number of nitrogens with one attached hydrogen (secondary N) is 3. The van der Waals surface area contributed by atoms with Gasteiger partial charge < -0.3 is 19.9 Å². The highest BCUT2D eigenvalue weighted by atomic mass is 32.1. The molecule has 2 fully saturated rings. The van der Waals surface area contributed by atoms with Crippen molar-refractivity contribution in [2.75, 3.05) is 40.0 Å². The first-order valence-electron chi connectivity index (χ1n) is 9.96. The first kappa shape index (κ1) is 19.9. The maximum absolute atomic E-state index is 13.2. The molecule has 3 N–H and O–H groups in total. The summed E-state index contributed by atoms with van der Waals surface area (Å²) in [5.74, 6) is 0.468. The lowest BCUT2D eigenvalue weighted by molar-refractivity contribution is -1.02. The fraction of sp³-hybridized carbons (Fsp3) is 0.429. The van der Waals surface area contributed by atoms with Gasteiger partial charge in [-0.05, 0) is 41.4 Å². The molecule has 154 valence electrons. The summed E-state index contributed by atoms with van der Waals surface area (Å²) >= 11 is 1.74. The van der Waals surface area contributed by atoms with Crippen LogP contribution in [0.5, 0.6) is 5.75 Å². The van der Waals surface area contributed by atoms with Gasteiger partial charge in [-0.15, -0.1) is 0 Å². The van der Waals surface area contributed by atoms with E-state index in [1.54, 1.807) is 36.3 Å². The number of amides is 3. The molecule has 7 nitrogen and oxygen atoms in total. The number of methoxy groups -OCH3 is 1. The Kier molecular flexibility index (Phi) is 5.58. The van der Waals surface area contributed by atoms with Crippen LogP contribution in [0.25, 0.3) is 0 Å². The highest BCUT2D eigenvalue weighted by Gasteiger charge is 2.50. The molecule has 4 rings (SSSR count). The molecule has 29 heavy (non-hydrogen) atoms. The second-order valence-electron chi connectivity index (χ2n) is 7.99. The van der Waals surface area contributed by atoms with E-state index in [-0.39, 0.29) is 11.9 Å². The molecule has 2 aliphatic heterocycles. The highest BCUT2D eigenvalue weighted by molar-refractivity contribution is 7.07. The fourth-order valence-corrected chi connectivity index (χ4v) is 4.84. The lowest BCUT2D eigenvalue weighted by Gasteiger charge is -2.31. The van der Waals surface area contributed by atoms with Crippen LogP contribution in [0.4, 0.5) is 4.79 Å². The van der Waals surface area contributed by atoms with Crippen LogP contribution < -0.4 is 19.9 Å². The van der Waals surface area contributed by atoms with Crippen molar-refractivity contribution in [3.05, 3.63) is 52.2 Å². The Hall–Kier alpha value is -2.42. The Labute approximate surface area is 174 Å². The third kappa shape index (κ3) is 4.01. The Balaban J connectivity index is 1.38. The number of quaternary nitrogens is 2. The van der Waals surface area contributed by atoms with Crippen LogP contribution in [-0.4, -0.2) is 56.8 Å². The summed E-state index contributed by atoms with van der Waals surface area (Å²) in [6.07, 6.45) is 0. The van der Waals surface area contributed by atoms with Gasteiger partial charge in [-0.2, -0.15) is 11.3 Å². The number of urea groups is 1. The van der Waals surface area contributed by atoms with Crippen molar-refractivity contribution < 1.29 is 24.1 Å². The zero-order valence-electron chi connectivity index (χ0n) is 16.9. The van der Waals surface area contributed by atoms with Crippen LogP contribution in [0.2, 0.25) is 0 Å². The fourth-order valence-electron chi connectivity index (χ4n) is 4.17. The number of hydrogen-bond acceptors (Lipinski definition) is 4. The Morgan fingerprint density at radius 2 is 1.93 bits per heavy atom. The number of ether oxygens (including phenoxy) is 1. The maximum atomic E-state index is 13.2. The van der Waals surface area contributed by atoms with Crippen molar-refractivity contribution in [1.82, 2.24) is 10.2 Å². The lowest BCUT2D eigenvalue weighted by Crippen LogP contribution is -3.28. The molecule has 2 saturated heterocycles.